The van der Waals surface area contributed by atoms with Crippen LogP contribution in [-0.4, -0.2) is 10.7 Å². The fourth-order valence-electron chi connectivity index (χ4n) is 1.78. The Morgan fingerprint density at radius 2 is 1.89 bits per heavy atom. The van der Waals surface area contributed by atoms with Crippen LogP contribution < -0.4 is 0 Å². The number of carbonyl (C=O) groups is 1. The molecule has 0 spiro atoms. The second-order valence-electron chi connectivity index (χ2n) is 3.96. The molecule has 0 fully saturated rings. The third-order valence-electron chi connectivity index (χ3n) is 2.76. The second-order valence-corrected chi connectivity index (χ2v) is 4.84. The van der Waals surface area contributed by atoms with Crippen molar-refractivity contribution in [2.45, 2.75) is 13.8 Å². The maximum atomic E-state index is 11.4. The first-order valence-corrected chi connectivity index (χ1v) is 6.22. The molecule has 1 aromatic heterocycles. The summed E-state index contributed by atoms with van der Waals surface area (Å²) in [6.07, 6.45) is 0. The van der Waals surface area contributed by atoms with Gasteiger partial charge < -0.3 is 0 Å². The molecular weight excluding hydrogens is 250 g/mol. The minimum absolute atomic E-state index is 0.0388. The van der Waals surface area contributed by atoms with E-state index in [9.17, 15) is 14.9 Å². The van der Waals surface area contributed by atoms with Crippen molar-refractivity contribution in [3.63, 3.8) is 0 Å². The summed E-state index contributed by atoms with van der Waals surface area (Å²) in [5, 5.41) is 12.4. The summed E-state index contributed by atoms with van der Waals surface area (Å²) in [7, 11) is 0. The molecular formula is C13H11NO3S. The summed E-state index contributed by atoms with van der Waals surface area (Å²) in [4.78, 5) is 22.5. The van der Waals surface area contributed by atoms with Gasteiger partial charge in [0.1, 0.15) is 0 Å². The SMILES string of the molecule is CC(=O)c1csc(-c2ccc([N+](=O)[O-])cc2)c1C. The maximum Gasteiger partial charge on any atom is 0.269 e. The summed E-state index contributed by atoms with van der Waals surface area (Å²) in [5.74, 6) is 0.0388. The number of nitro groups is 1. The first kappa shape index (κ1) is 12.4. The Hall–Kier alpha value is -2.01. The van der Waals surface area contributed by atoms with Crippen LogP contribution in [0.1, 0.15) is 22.8 Å². The van der Waals surface area contributed by atoms with Crippen molar-refractivity contribution in [3.05, 3.63) is 50.9 Å². The lowest BCUT2D eigenvalue weighted by atomic mass is 10.1. The molecule has 0 aliphatic rings. The molecule has 0 saturated carbocycles. The van der Waals surface area contributed by atoms with E-state index >= 15 is 0 Å². The van der Waals surface area contributed by atoms with Crippen molar-refractivity contribution in [2.75, 3.05) is 0 Å². The van der Waals surface area contributed by atoms with E-state index in [2.05, 4.69) is 0 Å². The monoisotopic (exact) mass is 261 g/mol. The van der Waals surface area contributed by atoms with E-state index in [1.54, 1.807) is 12.1 Å². The van der Waals surface area contributed by atoms with Crippen molar-refractivity contribution >= 4 is 22.8 Å². The van der Waals surface area contributed by atoms with Gasteiger partial charge in [-0.15, -0.1) is 11.3 Å². The number of carbonyl (C=O) groups excluding carboxylic acids is 1. The smallest absolute Gasteiger partial charge is 0.269 e. The highest BCUT2D eigenvalue weighted by Gasteiger charge is 2.13. The molecule has 0 bridgehead atoms. The lowest BCUT2D eigenvalue weighted by molar-refractivity contribution is -0.384. The standard InChI is InChI=1S/C13H11NO3S/c1-8-12(9(2)15)7-18-13(8)10-3-5-11(6-4-10)14(16)17/h3-7H,1-2H3. The van der Waals surface area contributed by atoms with Gasteiger partial charge in [-0.3, -0.25) is 14.9 Å². The molecule has 5 heteroatoms. The van der Waals surface area contributed by atoms with Crippen LogP contribution in [0.15, 0.2) is 29.6 Å². The molecule has 2 rings (SSSR count). The minimum atomic E-state index is -0.425. The van der Waals surface area contributed by atoms with Crippen molar-refractivity contribution in [2.24, 2.45) is 0 Å². The molecule has 0 amide bonds. The first-order chi connectivity index (χ1) is 8.50. The molecule has 1 heterocycles. The van der Waals surface area contributed by atoms with Crippen LogP contribution >= 0.6 is 11.3 Å². The molecule has 0 aliphatic heterocycles. The number of rotatable bonds is 3. The first-order valence-electron chi connectivity index (χ1n) is 5.34. The van der Waals surface area contributed by atoms with Gasteiger partial charge in [-0.2, -0.15) is 0 Å². The molecule has 92 valence electrons. The van der Waals surface area contributed by atoms with Crippen LogP contribution in [0.25, 0.3) is 10.4 Å². The average Bonchev–Trinajstić information content (AvgIpc) is 2.71. The van der Waals surface area contributed by atoms with Crippen LogP contribution in [0.5, 0.6) is 0 Å². The van der Waals surface area contributed by atoms with Crippen molar-refractivity contribution in [1.29, 1.82) is 0 Å². The van der Waals surface area contributed by atoms with Gasteiger partial charge in [-0.1, -0.05) is 0 Å². The summed E-state index contributed by atoms with van der Waals surface area (Å²) < 4.78 is 0. The third-order valence-corrected chi connectivity index (χ3v) is 3.89. The Bertz CT molecular complexity index is 614. The van der Waals surface area contributed by atoms with Crippen molar-refractivity contribution in [1.82, 2.24) is 0 Å². The van der Waals surface area contributed by atoms with Gasteiger partial charge in [-0.25, -0.2) is 0 Å². The maximum absolute atomic E-state index is 11.4. The summed E-state index contributed by atoms with van der Waals surface area (Å²) in [6.45, 7) is 3.43. The fourth-order valence-corrected chi connectivity index (χ4v) is 2.92. The van der Waals surface area contributed by atoms with E-state index in [0.717, 1.165) is 16.0 Å². The molecule has 0 radical (unpaired) electrons. The Kier molecular flexibility index (Phi) is 3.25. The van der Waals surface area contributed by atoms with E-state index in [4.69, 9.17) is 0 Å². The number of ketones is 1. The van der Waals surface area contributed by atoms with Crippen LogP contribution in [0.2, 0.25) is 0 Å². The molecule has 0 N–H and O–H groups in total. The highest BCUT2D eigenvalue weighted by molar-refractivity contribution is 7.14. The molecule has 0 atom stereocenters. The average molecular weight is 261 g/mol. The Labute approximate surface area is 108 Å². The zero-order valence-corrected chi connectivity index (χ0v) is 10.8. The number of Topliss-reactive ketones (excluding diaryl/α,β-unsaturated/α-hetero) is 1. The number of hydrogen-bond donors (Lipinski definition) is 0. The summed E-state index contributed by atoms with van der Waals surface area (Å²) >= 11 is 1.48. The van der Waals surface area contributed by atoms with Gasteiger partial charge in [0.2, 0.25) is 0 Å². The largest absolute Gasteiger partial charge is 0.294 e. The number of benzene rings is 1. The van der Waals surface area contributed by atoms with Crippen LogP contribution in [0, 0.1) is 17.0 Å². The van der Waals surface area contributed by atoms with E-state index < -0.39 is 4.92 Å². The number of nitro benzene ring substituents is 1. The van der Waals surface area contributed by atoms with Crippen molar-refractivity contribution < 1.29 is 9.72 Å². The van der Waals surface area contributed by atoms with E-state index in [-0.39, 0.29) is 11.5 Å². The second kappa shape index (κ2) is 4.70. The molecule has 0 saturated heterocycles. The van der Waals surface area contributed by atoms with Crippen LogP contribution in [0.4, 0.5) is 5.69 Å². The highest BCUT2D eigenvalue weighted by Crippen LogP contribution is 2.33. The normalized spacial score (nSPS) is 10.3. The fraction of sp³-hybridized carbons (Fsp3) is 0.154. The van der Waals surface area contributed by atoms with Crippen LogP contribution in [0.3, 0.4) is 0 Å². The van der Waals surface area contributed by atoms with Gasteiger partial charge >= 0.3 is 0 Å². The van der Waals surface area contributed by atoms with Crippen LogP contribution in [-0.2, 0) is 0 Å². The predicted octanol–water partition coefficient (Wildman–Crippen LogP) is 3.83. The third kappa shape index (κ3) is 2.17. The predicted molar refractivity (Wildman–Crippen MR) is 71.2 cm³/mol. The molecule has 2 aromatic rings. The van der Waals surface area contributed by atoms with Gasteiger partial charge in [-0.05, 0) is 37.1 Å². The molecule has 4 nitrogen and oxygen atoms in total. The lowest BCUT2D eigenvalue weighted by Gasteiger charge is -2.00. The zero-order chi connectivity index (χ0) is 13.3. The van der Waals surface area contributed by atoms with Crippen molar-refractivity contribution in [3.8, 4) is 10.4 Å². The Morgan fingerprint density at radius 1 is 1.28 bits per heavy atom. The van der Waals surface area contributed by atoms with Gasteiger partial charge in [0.15, 0.2) is 5.78 Å². The van der Waals surface area contributed by atoms with Gasteiger partial charge in [0, 0.05) is 28.0 Å². The molecule has 18 heavy (non-hydrogen) atoms. The Morgan fingerprint density at radius 3 is 2.33 bits per heavy atom. The van der Waals surface area contributed by atoms with Gasteiger partial charge in [0.25, 0.3) is 5.69 Å². The molecule has 0 aliphatic carbocycles. The highest BCUT2D eigenvalue weighted by atomic mass is 32.1. The Balaban J connectivity index is 2.43. The number of thiophene rings is 1. The lowest BCUT2D eigenvalue weighted by Crippen LogP contribution is -1.92. The van der Waals surface area contributed by atoms with E-state index in [0.29, 0.717) is 5.56 Å². The number of non-ortho nitro benzene ring substituents is 1. The van der Waals surface area contributed by atoms with E-state index in [1.807, 2.05) is 12.3 Å². The number of nitrogens with zero attached hydrogens (tertiary/aromatic N) is 1. The quantitative estimate of drug-likeness (QED) is 0.479. The summed E-state index contributed by atoms with van der Waals surface area (Å²) in [6, 6.07) is 6.37. The topological polar surface area (TPSA) is 60.2 Å². The zero-order valence-electron chi connectivity index (χ0n) is 9.97. The minimum Gasteiger partial charge on any atom is -0.294 e. The van der Waals surface area contributed by atoms with E-state index in [1.165, 1.54) is 30.4 Å². The molecule has 0 unspecified atom stereocenters. The molecule has 1 aromatic carbocycles. The van der Waals surface area contributed by atoms with Gasteiger partial charge in [0.05, 0.1) is 4.92 Å². The number of hydrogen-bond acceptors (Lipinski definition) is 4. The summed E-state index contributed by atoms with van der Waals surface area (Å²) in [5.41, 5.74) is 2.62.